The maximum atomic E-state index is 4.58. The molecule has 0 saturated heterocycles. The standard InChI is InChI=1S/C14H15N5/c1-19(2)9-10-5-11(7-15-6-10)12-3-4-13-14(17-12)8-16-18-13/h3-8H,9H2,1-2H3,(H,16,18). The predicted molar refractivity (Wildman–Crippen MR) is 74.5 cm³/mol. The minimum Gasteiger partial charge on any atom is -0.305 e. The molecule has 0 radical (unpaired) electrons. The molecule has 96 valence electrons. The van der Waals surface area contributed by atoms with E-state index in [4.69, 9.17) is 0 Å². The van der Waals surface area contributed by atoms with E-state index in [2.05, 4.69) is 31.1 Å². The molecule has 0 bridgehead atoms. The number of H-pyrrole nitrogens is 1. The topological polar surface area (TPSA) is 57.7 Å². The Bertz CT molecular complexity index is 702. The fourth-order valence-corrected chi connectivity index (χ4v) is 2.07. The van der Waals surface area contributed by atoms with Crippen molar-refractivity contribution in [3.63, 3.8) is 0 Å². The molecule has 1 N–H and O–H groups in total. The fourth-order valence-electron chi connectivity index (χ4n) is 2.07. The Morgan fingerprint density at radius 1 is 1.16 bits per heavy atom. The van der Waals surface area contributed by atoms with Gasteiger partial charge in [-0.1, -0.05) is 0 Å². The number of nitrogens with one attached hydrogen (secondary N) is 1. The molecule has 0 unspecified atom stereocenters. The number of nitrogens with zero attached hydrogens (tertiary/aromatic N) is 4. The van der Waals surface area contributed by atoms with E-state index in [1.54, 1.807) is 6.20 Å². The first-order valence-corrected chi connectivity index (χ1v) is 6.11. The van der Waals surface area contributed by atoms with E-state index in [0.717, 1.165) is 28.8 Å². The summed E-state index contributed by atoms with van der Waals surface area (Å²) >= 11 is 0. The summed E-state index contributed by atoms with van der Waals surface area (Å²) in [6, 6.07) is 6.10. The summed E-state index contributed by atoms with van der Waals surface area (Å²) in [5.41, 5.74) is 4.94. The van der Waals surface area contributed by atoms with Gasteiger partial charge in [0.1, 0.15) is 5.52 Å². The first kappa shape index (κ1) is 11.8. The average molecular weight is 253 g/mol. The van der Waals surface area contributed by atoms with E-state index >= 15 is 0 Å². The summed E-state index contributed by atoms with van der Waals surface area (Å²) in [7, 11) is 4.09. The molecule has 0 saturated carbocycles. The molecule has 3 aromatic heterocycles. The van der Waals surface area contributed by atoms with Crippen LogP contribution in [-0.2, 0) is 6.54 Å². The SMILES string of the molecule is CN(C)Cc1cncc(-c2ccc3[nH]ncc3n2)c1. The van der Waals surface area contributed by atoms with Crippen LogP contribution in [0.2, 0.25) is 0 Å². The van der Waals surface area contributed by atoms with Crippen LogP contribution in [0.3, 0.4) is 0 Å². The van der Waals surface area contributed by atoms with Gasteiger partial charge in [0.05, 0.1) is 17.4 Å². The van der Waals surface area contributed by atoms with Gasteiger partial charge in [0.2, 0.25) is 0 Å². The van der Waals surface area contributed by atoms with Crippen LogP contribution in [0.15, 0.2) is 36.8 Å². The Morgan fingerprint density at radius 3 is 2.89 bits per heavy atom. The molecule has 0 aliphatic carbocycles. The number of aromatic nitrogens is 4. The highest BCUT2D eigenvalue weighted by Crippen LogP contribution is 2.20. The van der Waals surface area contributed by atoms with Gasteiger partial charge in [0.15, 0.2) is 0 Å². The molecule has 0 aliphatic heterocycles. The largest absolute Gasteiger partial charge is 0.305 e. The minimum atomic E-state index is 0.870. The van der Waals surface area contributed by atoms with Gasteiger partial charge in [-0.25, -0.2) is 4.98 Å². The lowest BCUT2D eigenvalue weighted by molar-refractivity contribution is 0.402. The maximum absolute atomic E-state index is 4.58. The summed E-state index contributed by atoms with van der Waals surface area (Å²) in [6.07, 6.45) is 5.46. The molecule has 5 nitrogen and oxygen atoms in total. The molecule has 0 fully saturated rings. The van der Waals surface area contributed by atoms with Crippen molar-refractivity contribution in [2.24, 2.45) is 0 Å². The van der Waals surface area contributed by atoms with E-state index in [1.807, 2.05) is 38.6 Å². The number of hydrogen-bond donors (Lipinski definition) is 1. The summed E-state index contributed by atoms with van der Waals surface area (Å²) in [6.45, 7) is 0.870. The second kappa shape index (κ2) is 4.78. The number of fused-ring (bicyclic) bond motifs is 1. The molecule has 5 heteroatoms. The van der Waals surface area contributed by atoms with Gasteiger partial charge in [-0.15, -0.1) is 0 Å². The quantitative estimate of drug-likeness (QED) is 0.776. The highest BCUT2D eigenvalue weighted by atomic mass is 15.1. The predicted octanol–water partition coefficient (Wildman–Crippen LogP) is 2.08. The minimum absolute atomic E-state index is 0.870. The molecule has 0 amide bonds. The van der Waals surface area contributed by atoms with Gasteiger partial charge in [0, 0.05) is 24.5 Å². The van der Waals surface area contributed by atoms with Crippen LogP contribution in [0.1, 0.15) is 5.56 Å². The second-order valence-corrected chi connectivity index (χ2v) is 4.82. The Morgan fingerprint density at radius 2 is 2.05 bits per heavy atom. The van der Waals surface area contributed by atoms with Crippen molar-refractivity contribution in [1.82, 2.24) is 25.1 Å². The van der Waals surface area contributed by atoms with Crippen molar-refractivity contribution in [2.45, 2.75) is 6.54 Å². The molecule has 3 rings (SSSR count). The van der Waals surface area contributed by atoms with Crippen molar-refractivity contribution in [2.75, 3.05) is 14.1 Å². The fraction of sp³-hybridized carbons (Fsp3) is 0.214. The zero-order valence-electron chi connectivity index (χ0n) is 11.0. The van der Waals surface area contributed by atoms with Crippen LogP contribution in [-0.4, -0.2) is 39.2 Å². The Hall–Kier alpha value is -2.27. The summed E-state index contributed by atoms with van der Waals surface area (Å²) in [5, 5.41) is 6.88. The zero-order chi connectivity index (χ0) is 13.2. The summed E-state index contributed by atoms with van der Waals surface area (Å²) in [5.74, 6) is 0. The number of rotatable bonds is 3. The van der Waals surface area contributed by atoms with Crippen LogP contribution in [0.25, 0.3) is 22.3 Å². The van der Waals surface area contributed by atoms with Crippen molar-refractivity contribution in [1.29, 1.82) is 0 Å². The first-order chi connectivity index (χ1) is 9.22. The molecule has 0 spiro atoms. The molecular weight excluding hydrogens is 238 g/mol. The molecular formula is C14H15N5. The van der Waals surface area contributed by atoms with Crippen LogP contribution in [0.5, 0.6) is 0 Å². The summed E-state index contributed by atoms with van der Waals surface area (Å²) in [4.78, 5) is 11.0. The van der Waals surface area contributed by atoms with Crippen molar-refractivity contribution in [3.8, 4) is 11.3 Å². The Kier molecular flexibility index (Phi) is 2.97. The van der Waals surface area contributed by atoms with Crippen LogP contribution < -0.4 is 0 Å². The lowest BCUT2D eigenvalue weighted by Gasteiger charge is -2.10. The Balaban J connectivity index is 2.00. The van der Waals surface area contributed by atoms with Gasteiger partial charge in [-0.05, 0) is 37.9 Å². The third-order valence-corrected chi connectivity index (χ3v) is 2.89. The lowest BCUT2D eigenvalue weighted by atomic mass is 10.1. The van der Waals surface area contributed by atoms with E-state index in [0.29, 0.717) is 0 Å². The highest BCUT2D eigenvalue weighted by molar-refractivity contribution is 5.77. The van der Waals surface area contributed by atoms with E-state index in [-0.39, 0.29) is 0 Å². The van der Waals surface area contributed by atoms with Gasteiger partial charge in [-0.3, -0.25) is 10.1 Å². The van der Waals surface area contributed by atoms with Gasteiger partial charge >= 0.3 is 0 Å². The van der Waals surface area contributed by atoms with Crippen molar-refractivity contribution in [3.05, 3.63) is 42.4 Å². The van der Waals surface area contributed by atoms with Crippen molar-refractivity contribution < 1.29 is 0 Å². The smallest absolute Gasteiger partial charge is 0.109 e. The normalized spacial score (nSPS) is 11.3. The summed E-state index contributed by atoms with van der Waals surface area (Å²) < 4.78 is 0. The van der Waals surface area contributed by atoms with Crippen LogP contribution >= 0.6 is 0 Å². The molecule has 3 heterocycles. The number of pyridine rings is 2. The van der Waals surface area contributed by atoms with Gasteiger partial charge in [-0.2, -0.15) is 5.10 Å². The Labute approximate surface area is 111 Å². The van der Waals surface area contributed by atoms with Gasteiger partial charge < -0.3 is 4.90 Å². The monoisotopic (exact) mass is 253 g/mol. The van der Waals surface area contributed by atoms with Crippen molar-refractivity contribution >= 4 is 11.0 Å². The lowest BCUT2D eigenvalue weighted by Crippen LogP contribution is -2.10. The molecule has 0 aromatic carbocycles. The molecule has 3 aromatic rings. The third kappa shape index (κ3) is 2.46. The zero-order valence-corrected chi connectivity index (χ0v) is 11.0. The molecule has 0 aliphatic rings. The first-order valence-electron chi connectivity index (χ1n) is 6.11. The van der Waals surface area contributed by atoms with E-state index < -0.39 is 0 Å². The van der Waals surface area contributed by atoms with Crippen LogP contribution in [0, 0.1) is 0 Å². The van der Waals surface area contributed by atoms with E-state index in [1.165, 1.54) is 5.56 Å². The van der Waals surface area contributed by atoms with Crippen LogP contribution in [0.4, 0.5) is 0 Å². The second-order valence-electron chi connectivity index (χ2n) is 4.82. The van der Waals surface area contributed by atoms with E-state index in [9.17, 15) is 0 Å². The third-order valence-electron chi connectivity index (χ3n) is 2.89. The number of hydrogen-bond acceptors (Lipinski definition) is 4. The number of aromatic amines is 1. The van der Waals surface area contributed by atoms with Gasteiger partial charge in [0.25, 0.3) is 0 Å². The average Bonchev–Trinajstić information content (AvgIpc) is 2.85. The molecule has 0 atom stereocenters. The maximum Gasteiger partial charge on any atom is 0.109 e. The molecule has 19 heavy (non-hydrogen) atoms. The highest BCUT2D eigenvalue weighted by Gasteiger charge is 2.05.